The summed E-state index contributed by atoms with van der Waals surface area (Å²) in [5.74, 6) is 1.86. The number of nitrogens with zero attached hydrogens (tertiary/aromatic N) is 4. The molecule has 1 aliphatic rings. The SMILES string of the molecule is COCCNCC(=O)N1CCCCC1Cn1nc(C)nc1C. The third-order valence-corrected chi connectivity index (χ3v) is 4.05. The molecule has 0 aromatic carbocycles. The number of nitrogens with one attached hydrogen (secondary N) is 1. The minimum atomic E-state index is 0.162. The van der Waals surface area contributed by atoms with Gasteiger partial charge in [-0.2, -0.15) is 5.10 Å². The third kappa shape index (κ3) is 4.51. The van der Waals surface area contributed by atoms with Crippen molar-refractivity contribution in [2.45, 2.75) is 45.7 Å². The van der Waals surface area contributed by atoms with Gasteiger partial charge in [-0.25, -0.2) is 9.67 Å². The first-order valence-corrected chi connectivity index (χ1v) is 7.99. The minimum absolute atomic E-state index is 0.162. The summed E-state index contributed by atoms with van der Waals surface area (Å²) in [7, 11) is 1.66. The van der Waals surface area contributed by atoms with E-state index >= 15 is 0 Å². The number of piperidine rings is 1. The lowest BCUT2D eigenvalue weighted by atomic mass is 10.0. The Morgan fingerprint density at radius 3 is 2.91 bits per heavy atom. The van der Waals surface area contributed by atoms with Gasteiger partial charge < -0.3 is 15.0 Å². The Kier molecular flexibility index (Phi) is 6.33. The molecule has 1 amide bonds. The van der Waals surface area contributed by atoms with E-state index in [2.05, 4.69) is 15.4 Å². The van der Waals surface area contributed by atoms with Gasteiger partial charge in [0.2, 0.25) is 5.91 Å². The second kappa shape index (κ2) is 8.24. The maximum Gasteiger partial charge on any atom is 0.236 e. The van der Waals surface area contributed by atoms with E-state index in [-0.39, 0.29) is 11.9 Å². The second-order valence-corrected chi connectivity index (χ2v) is 5.79. The third-order valence-electron chi connectivity index (χ3n) is 4.05. The number of amides is 1. The van der Waals surface area contributed by atoms with Crippen LogP contribution in [0.1, 0.15) is 30.9 Å². The Labute approximate surface area is 132 Å². The highest BCUT2D eigenvalue weighted by Crippen LogP contribution is 2.19. The van der Waals surface area contributed by atoms with Crippen LogP contribution < -0.4 is 5.32 Å². The fraction of sp³-hybridized carbons (Fsp3) is 0.800. The molecule has 1 saturated heterocycles. The standard InChI is InChI=1S/C15H27N5O2/c1-12-17-13(2)20(18-12)11-14-6-4-5-8-19(14)15(21)10-16-7-9-22-3/h14,16H,4-11H2,1-3H3. The van der Waals surface area contributed by atoms with Crippen molar-refractivity contribution in [1.82, 2.24) is 25.0 Å². The number of hydrogen-bond acceptors (Lipinski definition) is 5. The van der Waals surface area contributed by atoms with Crippen molar-refractivity contribution >= 4 is 5.91 Å². The van der Waals surface area contributed by atoms with E-state index in [1.807, 2.05) is 23.4 Å². The smallest absolute Gasteiger partial charge is 0.236 e. The average molecular weight is 309 g/mol. The van der Waals surface area contributed by atoms with Gasteiger partial charge in [-0.3, -0.25) is 4.79 Å². The van der Waals surface area contributed by atoms with Gasteiger partial charge in [-0.05, 0) is 33.1 Å². The highest BCUT2D eigenvalue weighted by molar-refractivity contribution is 5.78. The lowest BCUT2D eigenvalue weighted by Crippen LogP contribution is -2.49. The number of rotatable bonds is 7. The summed E-state index contributed by atoms with van der Waals surface area (Å²) >= 11 is 0. The van der Waals surface area contributed by atoms with Gasteiger partial charge >= 0.3 is 0 Å². The molecule has 1 aliphatic heterocycles. The fourth-order valence-electron chi connectivity index (χ4n) is 2.92. The first-order valence-electron chi connectivity index (χ1n) is 7.99. The topological polar surface area (TPSA) is 72.3 Å². The largest absolute Gasteiger partial charge is 0.383 e. The number of methoxy groups -OCH3 is 1. The predicted octanol–water partition coefficient (Wildman–Crippen LogP) is 0.512. The first-order chi connectivity index (χ1) is 10.6. The van der Waals surface area contributed by atoms with Gasteiger partial charge in [0.15, 0.2) is 0 Å². The summed E-state index contributed by atoms with van der Waals surface area (Å²) in [6.07, 6.45) is 3.27. The van der Waals surface area contributed by atoms with Crippen LogP contribution in [0.15, 0.2) is 0 Å². The van der Waals surface area contributed by atoms with Gasteiger partial charge in [0.25, 0.3) is 0 Å². The Hall–Kier alpha value is -1.47. The molecule has 1 atom stereocenters. The average Bonchev–Trinajstić information content (AvgIpc) is 2.82. The normalized spacial score (nSPS) is 18.7. The first kappa shape index (κ1) is 16.9. The molecule has 1 unspecified atom stereocenters. The predicted molar refractivity (Wildman–Crippen MR) is 83.6 cm³/mol. The Morgan fingerprint density at radius 2 is 2.23 bits per heavy atom. The van der Waals surface area contributed by atoms with Gasteiger partial charge in [-0.15, -0.1) is 0 Å². The number of ether oxygens (including phenoxy) is 1. The molecule has 0 radical (unpaired) electrons. The second-order valence-electron chi connectivity index (χ2n) is 5.79. The molecule has 22 heavy (non-hydrogen) atoms. The van der Waals surface area contributed by atoms with Crippen molar-refractivity contribution in [3.63, 3.8) is 0 Å². The Morgan fingerprint density at radius 1 is 1.41 bits per heavy atom. The number of hydrogen-bond donors (Lipinski definition) is 1. The monoisotopic (exact) mass is 309 g/mol. The van der Waals surface area contributed by atoms with Gasteiger partial charge in [0.05, 0.1) is 25.7 Å². The number of carbonyl (C=O) groups is 1. The van der Waals surface area contributed by atoms with E-state index in [1.54, 1.807) is 7.11 Å². The molecular formula is C15H27N5O2. The molecule has 7 heteroatoms. The van der Waals surface area contributed by atoms with Crippen LogP contribution in [-0.2, 0) is 16.1 Å². The molecule has 2 heterocycles. The van der Waals surface area contributed by atoms with Crippen LogP contribution in [-0.4, -0.2) is 65.0 Å². The minimum Gasteiger partial charge on any atom is -0.383 e. The van der Waals surface area contributed by atoms with E-state index < -0.39 is 0 Å². The molecular weight excluding hydrogens is 282 g/mol. The van der Waals surface area contributed by atoms with E-state index in [0.29, 0.717) is 19.7 Å². The van der Waals surface area contributed by atoms with Crippen LogP contribution in [0.25, 0.3) is 0 Å². The van der Waals surface area contributed by atoms with Crippen molar-refractivity contribution in [2.75, 3.05) is 33.4 Å². The molecule has 2 rings (SSSR count). The maximum atomic E-state index is 12.4. The number of aryl methyl sites for hydroxylation is 2. The molecule has 0 spiro atoms. The van der Waals surface area contributed by atoms with Crippen LogP contribution in [0.4, 0.5) is 0 Å². The number of likely N-dealkylation sites (tertiary alicyclic amines) is 1. The van der Waals surface area contributed by atoms with Gasteiger partial charge in [-0.1, -0.05) is 0 Å². The molecule has 0 saturated carbocycles. The van der Waals surface area contributed by atoms with Crippen LogP contribution in [0.5, 0.6) is 0 Å². The van der Waals surface area contributed by atoms with Crippen LogP contribution >= 0.6 is 0 Å². The van der Waals surface area contributed by atoms with Crippen molar-refractivity contribution in [2.24, 2.45) is 0 Å². The van der Waals surface area contributed by atoms with Crippen LogP contribution in [0, 0.1) is 13.8 Å². The Balaban J connectivity index is 1.92. The molecule has 7 nitrogen and oxygen atoms in total. The van der Waals surface area contributed by atoms with Crippen molar-refractivity contribution < 1.29 is 9.53 Å². The zero-order valence-corrected chi connectivity index (χ0v) is 13.8. The van der Waals surface area contributed by atoms with E-state index in [1.165, 1.54) is 0 Å². The van der Waals surface area contributed by atoms with Crippen LogP contribution in [0.3, 0.4) is 0 Å². The molecule has 0 bridgehead atoms. The Bertz CT molecular complexity index is 488. The molecule has 1 fully saturated rings. The lowest BCUT2D eigenvalue weighted by Gasteiger charge is -2.36. The summed E-state index contributed by atoms with van der Waals surface area (Å²) in [6, 6.07) is 0.213. The van der Waals surface area contributed by atoms with Crippen molar-refractivity contribution in [3.8, 4) is 0 Å². The van der Waals surface area contributed by atoms with Gasteiger partial charge in [0, 0.05) is 20.2 Å². The summed E-state index contributed by atoms with van der Waals surface area (Å²) in [5, 5.41) is 7.55. The van der Waals surface area contributed by atoms with Crippen molar-refractivity contribution in [1.29, 1.82) is 0 Å². The van der Waals surface area contributed by atoms with Gasteiger partial charge in [0.1, 0.15) is 11.6 Å². The maximum absolute atomic E-state index is 12.4. The molecule has 124 valence electrons. The molecule has 1 aromatic rings. The highest BCUT2D eigenvalue weighted by atomic mass is 16.5. The summed E-state index contributed by atoms with van der Waals surface area (Å²) in [4.78, 5) is 18.8. The quantitative estimate of drug-likeness (QED) is 0.743. The number of carbonyl (C=O) groups excluding carboxylic acids is 1. The highest BCUT2D eigenvalue weighted by Gasteiger charge is 2.27. The van der Waals surface area contributed by atoms with E-state index in [0.717, 1.165) is 44.0 Å². The van der Waals surface area contributed by atoms with Crippen LogP contribution in [0.2, 0.25) is 0 Å². The lowest BCUT2D eigenvalue weighted by molar-refractivity contribution is -0.134. The number of aromatic nitrogens is 3. The zero-order valence-electron chi connectivity index (χ0n) is 13.8. The summed E-state index contributed by atoms with van der Waals surface area (Å²) in [5.41, 5.74) is 0. The summed E-state index contributed by atoms with van der Waals surface area (Å²) < 4.78 is 6.90. The van der Waals surface area contributed by atoms with Crippen molar-refractivity contribution in [3.05, 3.63) is 11.6 Å². The molecule has 1 aromatic heterocycles. The zero-order chi connectivity index (χ0) is 15.9. The fourth-order valence-corrected chi connectivity index (χ4v) is 2.92. The molecule has 0 aliphatic carbocycles. The van der Waals surface area contributed by atoms with E-state index in [4.69, 9.17) is 4.74 Å². The van der Waals surface area contributed by atoms with E-state index in [9.17, 15) is 4.79 Å². The summed E-state index contributed by atoms with van der Waals surface area (Å²) in [6.45, 7) is 7.11. The molecule has 1 N–H and O–H groups in total.